The van der Waals surface area contributed by atoms with Gasteiger partial charge in [0.15, 0.2) is 50.3 Å². The van der Waals surface area contributed by atoms with Crippen molar-refractivity contribution in [1.29, 1.82) is 0 Å². The molecule has 0 spiro atoms. The molecule has 24 N–H and O–H groups in total. The number of hydrogen-bond donors (Lipinski definition) is 24. The van der Waals surface area contributed by atoms with E-state index in [4.69, 9.17) is 71.1 Å². The van der Waals surface area contributed by atoms with Crippen molar-refractivity contribution in [2.45, 2.75) is 280 Å². The molecule has 3 amide bonds. The molecule has 8 rings (SSSR count). The van der Waals surface area contributed by atoms with Crippen LogP contribution in [0.15, 0.2) is 0 Å². The Kier molecular flexibility index (Phi) is 27.7. The second kappa shape index (κ2) is 33.8. The number of carbonyl (C=O) groups excluding carboxylic acids is 3. The normalized spacial score (nSPS) is 50.3. The summed E-state index contributed by atoms with van der Waals surface area (Å²) in [5.41, 5.74) is 0. The minimum absolute atomic E-state index is 0.733. The molecule has 8 saturated heterocycles. The van der Waals surface area contributed by atoms with E-state index in [1.54, 1.807) is 0 Å². The molecule has 0 saturated carbocycles. The van der Waals surface area contributed by atoms with Gasteiger partial charge in [-0.3, -0.25) is 14.4 Å². The number of rotatable bonds is 23. The maximum atomic E-state index is 12.8. The van der Waals surface area contributed by atoms with Crippen LogP contribution in [0.1, 0.15) is 34.6 Å². The maximum Gasteiger partial charge on any atom is 0.217 e. The van der Waals surface area contributed by atoms with Crippen LogP contribution in [0.2, 0.25) is 0 Å². The number of aliphatic hydroxyl groups is 21. The summed E-state index contributed by atoms with van der Waals surface area (Å²) in [4.78, 5) is 38.1. The Morgan fingerprint density at radius 3 is 1.03 bits per heavy atom. The van der Waals surface area contributed by atoms with Crippen LogP contribution < -0.4 is 16.0 Å². The molecule has 8 aliphatic heterocycles. The second-order valence-corrected chi connectivity index (χ2v) is 24.6. The van der Waals surface area contributed by atoms with Gasteiger partial charge in [-0.05, 0) is 13.8 Å². The molecule has 8 aliphatic rings. The van der Waals surface area contributed by atoms with E-state index in [9.17, 15) is 122 Å². The van der Waals surface area contributed by atoms with Crippen molar-refractivity contribution in [1.82, 2.24) is 16.0 Å². The lowest BCUT2D eigenvalue weighted by molar-refractivity contribution is -0.382. The van der Waals surface area contributed by atoms with Gasteiger partial charge in [-0.1, -0.05) is 0 Å². The summed E-state index contributed by atoms with van der Waals surface area (Å²) in [6.07, 6.45) is -69.4. The first-order valence-electron chi connectivity index (χ1n) is 30.8. The standard InChI is InChI=1S/C54H91N3O39/c1-12-26(65)33(72)38(77)50(84-12)82-10-21-29(68)35(74)40(79)52(90-21)93-43-19(8-60)89-49(24(32(43)71)56-15(4)63)96-46-37(76)28(67)17(6-58)87-54(46)83-11-22-30(69)36(75)41(80)53(91-22)92-42-18(7-59)88-48(23(31(42)70)55-14(3)62)94-44-20(9-61)86-47(81)25(57-16(5)64)45(44)95-51-39(78)34(73)27(66)13(2)85-51/h12-13,17-54,58-61,65-81H,6-11H2,1-5H3,(H,55,62)(H,56,63)(H,57,64)/t12-,13-,17+,18+,19+,20+,21+,22+,23+,24+,25+,26+,27+,28+,29-,30+,31+,32+,33+,34+,35-,36-,37-,38-,39-,40+,41-,42+,43+,44+,45+,46-,47+,48-,49-,50+,51-,52-,53-,54-/m0/s1. The van der Waals surface area contributed by atoms with E-state index in [-0.39, 0.29) is 0 Å². The monoisotopic (exact) mass is 1410 g/mol. The molecule has 42 heteroatoms. The first-order valence-corrected chi connectivity index (χ1v) is 30.8. The van der Waals surface area contributed by atoms with Crippen molar-refractivity contribution in [3.8, 4) is 0 Å². The molecule has 556 valence electrons. The molecule has 0 bridgehead atoms. The van der Waals surface area contributed by atoms with Gasteiger partial charge in [0.05, 0.1) is 51.8 Å². The third-order valence-corrected chi connectivity index (χ3v) is 17.7. The minimum atomic E-state index is -2.24. The van der Waals surface area contributed by atoms with E-state index < -0.39 is 303 Å². The van der Waals surface area contributed by atoms with E-state index in [1.165, 1.54) is 13.8 Å². The summed E-state index contributed by atoms with van der Waals surface area (Å²) in [5, 5.41) is 236. The molecule has 42 nitrogen and oxygen atoms in total. The van der Waals surface area contributed by atoms with Crippen molar-refractivity contribution < 1.29 is 193 Å². The van der Waals surface area contributed by atoms with Gasteiger partial charge in [0.25, 0.3) is 0 Å². The largest absolute Gasteiger partial charge is 0.394 e. The number of hydrogen-bond acceptors (Lipinski definition) is 39. The highest BCUT2D eigenvalue weighted by Gasteiger charge is 2.59. The van der Waals surface area contributed by atoms with E-state index in [2.05, 4.69) is 16.0 Å². The highest BCUT2D eigenvalue weighted by atomic mass is 16.8. The number of aliphatic hydroxyl groups excluding tert-OH is 21. The van der Waals surface area contributed by atoms with Crippen LogP contribution in [0.5, 0.6) is 0 Å². The lowest BCUT2D eigenvalue weighted by atomic mass is 9.93. The van der Waals surface area contributed by atoms with Gasteiger partial charge >= 0.3 is 0 Å². The van der Waals surface area contributed by atoms with E-state index >= 15 is 0 Å². The fourth-order valence-electron chi connectivity index (χ4n) is 12.4. The Morgan fingerprint density at radius 2 is 0.604 bits per heavy atom. The van der Waals surface area contributed by atoms with Crippen molar-refractivity contribution in [2.24, 2.45) is 0 Å². The van der Waals surface area contributed by atoms with Gasteiger partial charge in [-0.15, -0.1) is 0 Å². The van der Waals surface area contributed by atoms with Gasteiger partial charge in [0.2, 0.25) is 17.7 Å². The predicted molar refractivity (Wildman–Crippen MR) is 296 cm³/mol. The Hall–Kier alpha value is -3.03. The molecule has 40 atom stereocenters. The Morgan fingerprint density at radius 1 is 0.292 bits per heavy atom. The van der Waals surface area contributed by atoms with Crippen LogP contribution in [0.4, 0.5) is 0 Å². The summed E-state index contributed by atoms with van der Waals surface area (Å²) in [5.74, 6) is -2.55. The molecule has 8 fully saturated rings. The Bertz CT molecular complexity index is 2480. The van der Waals surface area contributed by atoms with Crippen LogP contribution in [0, 0.1) is 0 Å². The fourth-order valence-corrected chi connectivity index (χ4v) is 12.4. The van der Waals surface area contributed by atoms with E-state index in [1.807, 2.05) is 0 Å². The zero-order valence-corrected chi connectivity index (χ0v) is 52.1. The third kappa shape index (κ3) is 17.2. The van der Waals surface area contributed by atoms with Crippen molar-refractivity contribution >= 4 is 17.7 Å². The summed E-state index contributed by atoms with van der Waals surface area (Å²) < 4.78 is 87.5. The van der Waals surface area contributed by atoms with Crippen LogP contribution in [0.3, 0.4) is 0 Å². The molecular weight excluding hydrogens is 1310 g/mol. The summed E-state index contributed by atoms with van der Waals surface area (Å²) in [6, 6.07) is -5.31. The zero-order chi connectivity index (χ0) is 70.8. The van der Waals surface area contributed by atoms with Crippen LogP contribution in [-0.4, -0.2) is 410 Å². The fraction of sp³-hybridized carbons (Fsp3) is 0.944. The van der Waals surface area contributed by atoms with Gasteiger partial charge in [0.1, 0.15) is 183 Å². The summed E-state index contributed by atoms with van der Waals surface area (Å²) in [7, 11) is 0. The number of amides is 3. The molecule has 0 aromatic carbocycles. The lowest BCUT2D eigenvalue weighted by Crippen LogP contribution is -2.71. The van der Waals surface area contributed by atoms with Gasteiger partial charge in [0, 0.05) is 20.8 Å². The number of carbonyl (C=O) groups is 3. The average molecular weight is 1410 g/mol. The maximum absolute atomic E-state index is 12.8. The quantitative estimate of drug-likeness (QED) is 0.0452. The van der Waals surface area contributed by atoms with Crippen molar-refractivity contribution in [2.75, 3.05) is 39.6 Å². The summed E-state index contributed by atoms with van der Waals surface area (Å²) in [6.45, 7) is -0.199. The molecule has 0 radical (unpaired) electrons. The first-order chi connectivity index (χ1) is 45.3. The zero-order valence-electron chi connectivity index (χ0n) is 52.1. The van der Waals surface area contributed by atoms with Gasteiger partial charge in [-0.25, -0.2) is 0 Å². The molecule has 96 heavy (non-hydrogen) atoms. The second-order valence-electron chi connectivity index (χ2n) is 24.6. The summed E-state index contributed by atoms with van der Waals surface area (Å²) >= 11 is 0. The van der Waals surface area contributed by atoms with E-state index in [0.29, 0.717) is 0 Å². The number of ether oxygens (including phenoxy) is 15. The molecule has 0 aromatic rings. The average Bonchev–Trinajstić information content (AvgIpc) is 0.784. The highest BCUT2D eigenvalue weighted by molar-refractivity contribution is 5.74. The Labute approximate surface area is 545 Å². The van der Waals surface area contributed by atoms with Gasteiger partial charge < -0.3 is 194 Å². The SMILES string of the molecule is CC(=O)N[C@@H]1[C@@H](O[C@@H]2O[C@@H](C)[C@@H](O)[C@@H](O)[C@@H]2O)[C@H](O[C@@H]2O[C@H](CO)[C@@H](O[C@@H]3O[C@H](CO[C@H]4O[C@H](CO)[C@@H](O)[C@H](O)[C@@H]4O[C@@H]4O[C@H](CO)[C@@H](O[C@@H]5O[C@H](CO[C@@H]6O[C@@H](C)[C@@H](O)[C@@H](O)[C@@H]6O)[C@H](O)[C@H](O)[C@H]5O)[C@H](O)[C@H]4NC(C)=O)[C@@H](O)[C@H](O)[C@@H]3O)[C@H](O)[C@H]2NC(C)=O)[C@@H](CO)O[C@H]1O. The minimum Gasteiger partial charge on any atom is -0.394 e. The highest BCUT2D eigenvalue weighted by Crippen LogP contribution is 2.38. The molecule has 0 unspecified atom stereocenters. The predicted octanol–water partition coefficient (Wildman–Crippen LogP) is -16.0. The molecule has 0 aliphatic carbocycles. The van der Waals surface area contributed by atoms with Gasteiger partial charge in [-0.2, -0.15) is 0 Å². The lowest BCUT2D eigenvalue weighted by Gasteiger charge is -2.51. The van der Waals surface area contributed by atoms with Crippen molar-refractivity contribution in [3.63, 3.8) is 0 Å². The topological polar surface area (TPSA) is 651 Å². The van der Waals surface area contributed by atoms with E-state index in [0.717, 1.165) is 20.8 Å². The molecule has 8 heterocycles. The number of nitrogens with one attached hydrogen (secondary N) is 3. The molecule has 0 aromatic heterocycles. The van der Waals surface area contributed by atoms with Crippen LogP contribution >= 0.6 is 0 Å². The Balaban J connectivity index is 0.974. The first kappa shape index (κ1) is 78.7. The van der Waals surface area contributed by atoms with Crippen LogP contribution in [0.25, 0.3) is 0 Å². The van der Waals surface area contributed by atoms with Crippen LogP contribution in [-0.2, 0) is 85.4 Å². The van der Waals surface area contributed by atoms with Crippen molar-refractivity contribution in [3.05, 3.63) is 0 Å². The molecular formula is C54H91N3O39. The smallest absolute Gasteiger partial charge is 0.217 e. The third-order valence-electron chi connectivity index (χ3n) is 17.7.